The molecule has 1 atom stereocenters. The van der Waals surface area contributed by atoms with E-state index in [0.29, 0.717) is 6.04 Å². The molecule has 22 heavy (non-hydrogen) atoms. The van der Waals surface area contributed by atoms with Crippen LogP contribution in [0.1, 0.15) is 30.3 Å². The van der Waals surface area contributed by atoms with Gasteiger partial charge in [0.15, 0.2) is 0 Å². The van der Waals surface area contributed by atoms with Gasteiger partial charge in [-0.25, -0.2) is 9.67 Å². The fourth-order valence-electron chi connectivity index (χ4n) is 3.12. The van der Waals surface area contributed by atoms with Crippen LogP contribution in [0, 0.1) is 0 Å². The fraction of sp³-hybridized carbons (Fsp3) is 0.467. The molecule has 1 aliphatic rings. The lowest BCUT2D eigenvalue weighted by atomic mass is 10.2. The average molecular weight is 314 g/mol. The van der Waals surface area contributed by atoms with E-state index in [2.05, 4.69) is 44.7 Å². The zero-order valence-corrected chi connectivity index (χ0v) is 13.1. The van der Waals surface area contributed by atoms with Gasteiger partial charge in [0.1, 0.15) is 11.3 Å². The highest BCUT2D eigenvalue weighted by atomic mass is 32.1. The van der Waals surface area contributed by atoms with Crippen molar-refractivity contribution >= 4 is 21.6 Å². The van der Waals surface area contributed by atoms with Gasteiger partial charge >= 0.3 is 0 Å². The molecule has 1 fully saturated rings. The molecule has 3 aromatic rings. The van der Waals surface area contributed by atoms with Gasteiger partial charge in [0, 0.05) is 13.1 Å². The van der Waals surface area contributed by atoms with E-state index >= 15 is 0 Å². The van der Waals surface area contributed by atoms with Gasteiger partial charge in [0.2, 0.25) is 0 Å². The Hall–Kier alpha value is -1.86. The van der Waals surface area contributed by atoms with Crippen molar-refractivity contribution in [1.82, 2.24) is 30.1 Å². The summed E-state index contributed by atoms with van der Waals surface area (Å²) in [6.45, 7) is 3.10. The van der Waals surface area contributed by atoms with Crippen molar-refractivity contribution in [2.45, 2.75) is 31.8 Å². The van der Waals surface area contributed by atoms with E-state index in [1.807, 2.05) is 11.3 Å². The van der Waals surface area contributed by atoms with E-state index in [9.17, 15) is 0 Å². The number of nitrogens with zero attached hydrogens (tertiary/aromatic N) is 6. The zero-order chi connectivity index (χ0) is 14.8. The van der Waals surface area contributed by atoms with Crippen molar-refractivity contribution in [3.05, 3.63) is 35.6 Å². The predicted molar refractivity (Wildman–Crippen MR) is 85.6 cm³/mol. The second kappa shape index (κ2) is 6.10. The minimum absolute atomic E-state index is 0.478. The number of benzene rings is 1. The third-order valence-electron chi connectivity index (χ3n) is 4.18. The van der Waals surface area contributed by atoms with Crippen molar-refractivity contribution in [2.75, 3.05) is 13.1 Å². The maximum atomic E-state index is 4.84. The highest BCUT2D eigenvalue weighted by molar-refractivity contribution is 7.18. The second-order valence-electron chi connectivity index (χ2n) is 5.64. The number of hydrogen-bond acceptors (Lipinski definition) is 6. The van der Waals surface area contributed by atoms with Gasteiger partial charge in [-0.1, -0.05) is 12.1 Å². The smallest absolute Gasteiger partial charge is 0.138 e. The Labute approximate surface area is 132 Å². The molecule has 1 aromatic carbocycles. The minimum atomic E-state index is 0.478. The first-order chi connectivity index (χ1) is 10.9. The van der Waals surface area contributed by atoms with Crippen LogP contribution in [0.5, 0.6) is 0 Å². The van der Waals surface area contributed by atoms with E-state index in [1.54, 1.807) is 11.0 Å². The molecule has 2 aromatic heterocycles. The molecule has 1 saturated heterocycles. The Morgan fingerprint density at radius 3 is 3.05 bits per heavy atom. The average Bonchev–Trinajstić information content (AvgIpc) is 3.27. The fourth-order valence-corrected chi connectivity index (χ4v) is 4.26. The molecule has 0 spiro atoms. The predicted octanol–water partition coefficient (Wildman–Crippen LogP) is 2.51. The minimum Gasteiger partial charge on any atom is -0.294 e. The zero-order valence-electron chi connectivity index (χ0n) is 12.3. The van der Waals surface area contributed by atoms with Gasteiger partial charge in [-0.2, -0.15) is 0 Å². The van der Waals surface area contributed by atoms with Gasteiger partial charge in [-0.05, 0) is 48.4 Å². The van der Waals surface area contributed by atoms with Crippen LogP contribution in [0.15, 0.2) is 30.6 Å². The van der Waals surface area contributed by atoms with Crippen molar-refractivity contribution in [1.29, 1.82) is 0 Å². The normalized spacial score (nSPS) is 19.2. The summed E-state index contributed by atoms with van der Waals surface area (Å²) in [5.41, 5.74) is 1.13. The topological polar surface area (TPSA) is 59.7 Å². The van der Waals surface area contributed by atoms with Crippen molar-refractivity contribution < 1.29 is 0 Å². The molecule has 0 aliphatic carbocycles. The number of aryl methyl sites for hydroxylation is 1. The molecule has 4 rings (SSSR count). The molecule has 6 nitrogen and oxygen atoms in total. The van der Waals surface area contributed by atoms with Crippen LogP contribution in [0.25, 0.3) is 10.2 Å². The Morgan fingerprint density at radius 2 is 2.18 bits per heavy atom. The number of tetrazole rings is 1. The van der Waals surface area contributed by atoms with Crippen molar-refractivity contribution in [3.8, 4) is 0 Å². The Balaban J connectivity index is 1.44. The Kier molecular flexibility index (Phi) is 3.82. The first-order valence-corrected chi connectivity index (χ1v) is 8.52. The molecule has 114 valence electrons. The molecule has 7 heteroatoms. The SMILES string of the molecule is c1ccc2sc([C@H]3CCCN3CCCn3cnnn3)nc2c1. The first-order valence-electron chi connectivity index (χ1n) is 7.70. The number of para-hydroxylation sites is 1. The van der Waals surface area contributed by atoms with Crippen LogP contribution in [0.4, 0.5) is 0 Å². The number of aromatic nitrogens is 5. The lowest BCUT2D eigenvalue weighted by Crippen LogP contribution is -2.25. The maximum absolute atomic E-state index is 4.84. The molecule has 0 bridgehead atoms. The molecular formula is C15H18N6S. The molecule has 1 aliphatic heterocycles. The van der Waals surface area contributed by atoms with E-state index in [0.717, 1.165) is 31.6 Å². The third kappa shape index (κ3) is 2.74. The molecule has 0 N–H and O–H groups in total. The summed E-state index contributed by atoms with van der Waals surface area (Å²) in [5.74, 6) is 0. The van der Waals surface area contributed by atoms with E-state index in [-0.39, 0.29) is 0 Å². The van der Waals surface area contributed by atoms with Crippen LogP contribution in [0.2, 0.25) is 0 Å². The largest absolute Gasteiger partial charge is 0.294 e. The van der Waals surface area contributed by atoms with Crippen LogP contribution in [-0.4, -0.2) is 43.2 Å². The summed E-state index contributed by atoms with van der Waals surface area (Å²) in [7, 11) is 0. The number of hydrogen-bond donors (Lipinski definition) is 0. The molecule has 0 radical (unpaired) electrons. The Bertz CT molecular complexity index is 704. The number of likely N-dealkylation sites (tertiary alicyclic amines) is 1. The van der Waals surface area contributed by atoms with Gasteiger partial charge in [0.05, 0.1) is 16.3 Å². The van der Waals surface area contributed by atoms with E-state index < -0.39 is 0 Å². The Morgan fingerprint density at radius 1 is 1.23 bits per heavy atom. The van der Waals surface area contributed by atoms with Crippen molar-refractivity contribution in [3.63, 3.8) is 0 Å². The second-order valence-corrected chi connectivity index (χ2v) is 6.70. The lowest BCUT2D eigenvalue weighted by molar-refractivity contribution is 0.247. The summed E-state index contributed by atoms with van der Waals surface area (Å²) in [6, 6.07) is 8.89. The first kappa shape index (κ1) is 13.8. The van der Waals surface area contributed by atoms with E-state index in [4.69, 9.17) is 4.98 Å². The number of rotatable bonds is 5. The maximum Gasteiger partial charge on any atom is 0.138 e. The summed E-state index contributed by atoms with van der Waals surface area (Å²) >= 11 is 1.84. The lowest BCUT2D eigenvalue weighted by Gasteiger charge is -2.22. The number of thiazole rings is 1. The molecule has 0 saturated carbocycles. The molecule has 3 heterocycles. The monoisotopic (exact) mass is 314 g/mol. The van der Waals surface area contributed by atoms with Gasteiger partial charge < -0.3 is 0 Å². The third-order valence-corrected chi connectivity index (χ3v) is 5.32. The molecule has 0 amide bonds. The van der Waals surface area contributed by atoms with E-state index in [1.165, 1.54) is 22.5 Å². The van der Waals surface area contributed by atoms with Crippen LogP contribution >= 0.6 is 11.3 Å². The van der Waals surface area contributed by atoms with Crippen molar-refractivity contribution in [2.24, 2.45) is 0 Å². The van der Waals surface area contributed by atoms with Gasteiger partial charge in [-0.15, -0.1) is 16.4 Å². The quantitative estimate of drug-likeness (QED) is 0.724. The van der Waals surface area contributed by atoms with Crippen LogP contribution < -0.4 is 0 Å². The number of fused-ring (bicyclic) bond motifs is 1. The van der Waals surface area contributed by atoms with Gasteiger partial charge in [-0.3, -0.25) is 4.90 Å². The summed E-state index contributed by atoms with van der Waals surface area (Å²) < 4.78 is 3.08. The molecular weight excluding hydrogens is 296 g/mol. The molecule has 0 unspecified atom stereocenters. The summed E-state index contributed by atoms with van der Waals surface area (Å²) in [4.78, 5) is 7.40. The highest BCUT2D eigenvalue weighted by Crippen LogP contribution is 2.36. The standard InChI is InChI=1S/C15H18N6S/c1-2-7-14-12(5-1)17-15(22-14)13-6-3-8-20(13)9-4-10-21-11-16-18-19-21/h1-2,5,7,11,13H,3-4,6,8-10H2/t13-/m1/s1. The van der Waals surface area contributed by atoms with Gasteiger partial charge in [0.25, 0.3) is 0 Å². The summed E-state index contributed by atoms with van der Waals surface area (Å²) in [5, 5.41) is 12.5. The van der Waals surface area contributed by atoms with Crippen LogP contribution in [-0.2, 0) is 6.54 Å². The summed E-state index contributed by atoms with van der Waals surface area (Å²) in [6.07, 6.45) is 5.21. The highest BCUT2D eigenvalue weighted by Gasteiger charge is 2.28. The van der Waals surface area contributed by atoms with Crippen LogP contribution in [0.3, 0.4) is 0 Å².